The highest BCUT2D eigenvalue weighted by atomic mass is 16.5. The number of ether oxygens (including phenoxy) is 1. The fourth-order valence-electron chi connectivity index (χ4n) is 4.51. The van der Waals surface area contributed by atoms with Crippen LogP contribution in [0, 0.1) is 12.8 Å². The third kappa shape index (κ3) is 3.97. The van der Waals surface area contributed by atoms with Gasteiger partial charge in [0.2, 0.25) is 0 Å². The largest absolute Gasteiger partial charge is 0.488 e. The molecule has 4 heterocycles. The summed E-state index contributed by atoms with van der Waals surface area (Å²) in [5.74, 6) is 1.89. The van der Waals surface area contributed by atoms with Crippen LogP contribution < -0.4 is 20.7 Å². The van der Waals surface area contributed by atoms with Gasteiger partial charge in [-0.2, -0.15) is 5.10 Å². The van der Waals surface area contributed by atoms with Crippen molar-refractivity contribution in [3.05, 3.63) is 48.3 Å². The maximum Gasteiger partial charge on any atom is 0.146 e. The van der Waals surface area contributed by atoms with Gasteiger partial charge in [-0.25, -0.2) is 4.52 Å². The van der Waals surface area contributed by atoms with Crippen LogP contribution in [0.2, 0.25) is 0 Å². The lowest BCUT2D eigenvalue weighted by Gasteiger charge is -2.29. The number of hydrogen-bond donors (Lipinski definition) is 2. The second-order valence-corrected chi connectivity index (χ2v) is 8.62. The zero-order valence-corrected chi connectivity index (χ0v) is 18.2. The molecular weight excluding hydrogens is 388 g/mol. The van der Waals surface area contributed by atoms with E-state index in [4.69, 9.17) is 10.5 Å². The molecule has 2 aliphatic rings. The lowest BCUT2D eigenvalue weighted by atomic mass is 10.0. The summed E-state index contributed by atoms with van der Waals surface area (Å²) in [5, 5.41) is 7.96. The summed E-state index contributed by atoms with van der Waals surface area (Å²) in [6.45, 7) is 9.07. The molecule has 3 N–H and O–H groups in total. The van der Waals surface area contributed by atoms with E-state index in [1.807, 2.05) is 10.7 Å². The molecule has 1 aromatic carbocycles. The molecule has 1 fully saturated rings. The van der Waals surface area contributed by atoms with E-state index in [0.29, 0.717) is 5.92 Å². The van der Waals surface area contributed by atoms with Crippen molar-refractivity contribution in [2.45, 2.75) is 26.4 Å². The Morgan fingerprint density at radius 1 is 1.16 bits per heavy atom. The van der Waals surface area contributed by atoms with Crippen molar-refractivity contribution in [2.24, 2.45) is 16.6 Å². The predicted octanol–water partition coefficient (Wildman–Crippen LogP) is 2.86. The number of aryl methyl sites for hydroxylation is 1. The smallest absolute Gasteiger partial charge is 0.146 e. The molecule has 31 heavy (non-hydrogen) atoms. The van der Waals surface area contributed by atoms with Gasteiger partial charge in [0.25, 0.3) is 0 Å². The minimum absolute atomic E-state index is 0.0215. The number of piperazine rings is 1. The molecule has 0 amide bonds. The highest BCUT2D eigenvalue weighted by Gasteiger charge is 2.25. The standard InChI is InChI=1S/C24H30N6O/c1-16-13-28-30-15-20(18-3-5-21(6-4-18)29-9-7-26-8-10-29)11-22(24(16)30)31-17(2)19-12-23(25)27-14-19/h3-6,11,13,15,17,19,26H,7-10,12,14H2,1-2H3,(H2,25,27). The van der Waals surface area contributed by atoms with Crippen molar-refractivity contribution in [3.63, 3.8) is 0 Å². The lowest BCUT2D eigenvalue weighted by molar-refractivity contribution is 0.164. The van der Waals surface area contributed by atoms with Crippen LogP contribution in [0.5, 0.6) is 5.75 Å². The fraction of sp³-hybridized carbons (Fsp3) is 0.417. The Morgan fingerprint density at radius 2 is 1.94 bits per heavy atom. The van der Waals surface area contributed by atoms with Gasteiger partial charge < -0.3 is 20.7 Å². The topological polar surface area (TPSA) is 80.2 Å². The minimum Gasteiger partial charge on any atom is -0.488 e. The Morgan fingerprint density at radius 3 is 2.65 bits per heavy atom. The molecule has 2 unspecified atom stereocenters. The zero-order chi connectivity index (χ0) is 21.4. The molecule has 2 aliphatic heterocycles. The molecule has 7 heteroatoms. The number of anilines is 1. The van der Waals surface area contributed by atoms with Crippen molar-refractivity contribution in [1.29, 1.82) is 0 Å². The number of nitrogens with one attached hydrogen (secondary N) is 1. The summed E-state index contributed by atoms with van der Waals surface area (Å²) >= 11 is 0. The molecule has 0 radical (unpaired) electrons. The third-order valence-electron chi connectivity index (χ3n) is 6.42. The number of fused-ring (bicyclic) bond motifs is 1. The maximum absolute atomic E-state index is 6.48. The molecule has 2 aromatic heterocycles. The van der Waals surface area contributed by atoms with Gasteiger partial charge in [0.05, 0.1) is 12.0 Å². The maximum atomic E-state index is 6.48. The number of amidine groups is 1. The second kappa shape index (κ2) is 8.23. The van der Waals surface area contributed by atoms with E-state index in [-0.39, 0.29) is 6.10 Å². The Labute approximate surface area is 182 Å². The monoisotopic (exact) mass is 418 g/mol. The van der Waals surface area contributed by atoms with Crippen LogP contribution >= 0.6 is 0 Å². The van der Waals surface area contributed by atoms with Crippen LogP contribution in [0.1, 0.15) is 18.9 Å². The number of rotatable bonds is 5. The average molecular weight is 419 g/mol. The van der Waals surface area contributed by atoms with Crippen LogP contribution in [0.15, 0.2) is 47.7 Å². The summed E-state index contributed by atoms with van der Waals surface area (Å²) < 4.78 is 8.40. The van der Waals surface area contributed by atoms with Gasteiger partial charge in [-0.05, 0) is 43.2 Å². The molecule has 0 spiro atoms. The first-order valence-electron chi connectivity index (χ1n) is 11.1. The molecule has 0 saturated carbocycles. The van der Waals surface area contributed by atoms with Gasteiger partial charge in [0.1, 0.15) is 17.4 Å². The molecule has 7 nitrogen and oxygen atoms in total. The first-order valence-corrected chi connectivity index (χ1v) is 11.1. The number of benzene rings is 1. The Kier molecular flexibility index (Phi) is 5.28. The first-order chi connectivity index (χ1) is 15.1. The summed E-state index contributed by atoms with van der Waals surface area (Å²) in [4.78, 5) is 6.77. The second-order valence-electron chi connectivity index (χ2n) is 8.62. The minimum atomic E-state index is 0.0215. The van der Waals surface area contributed by atoms with E-state index < -0.39 is 0 Å². The molecule has 5 rings (SSSR count). The number of hydrogen-bond acceptors (Lipinski definition) is 6. The lowest BCUT2D eigenvalue weighted by Crippen LogP contribution is -2.43. The van der Waals surface area contributed by atoms with E-state index in [2.05, 4.69) is 70.7 Å². The molecule has 2 atom stereocenters. The Hall–Kier alpha value is -3.06. The van der Waals surface area contributed by atoms with Gasteiger partial charge >= 0.3 is 0 Å². The predicted molar refractivity (Wildman–Crippen MR) is 125 cm³/mol. The van der Waals surface area contributed by atoms with Gasteiger partial charge in [0.15, 0.2) is 0 Å². The van der Waals surface area contributed by atoms with E-state index in [1.165, 1.54) is 5.69 Å². The van der Waals surface area contributed by atoms with Crippen molar-refractivity contribution in [3.8, 4) is 16.9 Å². The summed E-state index contributed by atoms with van der Waals surface area (Å²) in [5.41, 5.74) is 11.5. The Bertz CT molecular complexity index is 1100. The highest BCUT2D eigenvalue weighted by Crippen LogP contribution is 2.33. The van der Waals surface area contributed by atoms with E-state index >= 15 is 0 Å². The molecule has 162 valence electrons. The average Bonchev–Trinajstić information content (AvgIpc) is 3.40. The van der Waals surface area contributed by atoms with E-state index in [0.717, 1.165) is 72.9 Å². The summed E-state index contributed by atoms with van der Waals surface area (Å²) in [6, 6.07) is 10.9. The van der Waals surface area contributed by atoms with Gasteiger partial charge in [-0.3, -0.25) is 4.99 Å². The van der Waals surface area contributed by atoms with Crippen LogP contribution in [0.3, 0.4) is 0 Å². The van der Waals surface area contributed by atoms with Gasteiger partial charge in [-0.15, -0.1) is 0 Å². The van der Waals surface area contributed by atoms with Gasteiger partial charge in [0, 0.05) is 62.5 Å². The van der Waals surface area contributed by atoms with Crippen LogP contribution in [0.4, 0.5) is 5.69 Å². The summed E-state index contributed by atoms with van der Waals surface area (Å²) in [6.07, 6.45) is 4.79. The summed E-state index contributed by atoms with van der Waals surface area (Å²) in [7, 11) is 0. The quantitative estimate of drug-likeness (QED) is 0.666. The van der Waals surface area contributed by atoms with Gasteiger partial charge in [-0.1, -0.05) is 12.1 Å². The normalized spacial score (nSPS) is 20.1. The van der Waals surface area contributed by atoms with Crippen molar-refractivity contribution >= 4 is 17.0 Å². The zero-order valence-electron chi connectivity index (χ0n) is 18.2. The number of nitrogens with two attached hydrogens (primary N) is 1. The number of aromatic nitrogens is 2. The molecule has 0 bridgehead atoms. The third-order valence-corrected chi connectivity index (χ3v) is 6.42. The van der Waals surface area contributed by atoms with E-state index in [1.54, 1.807) is 0 Å². The van der Waals surface area contributed by atoms with Crippen molar-refractivity contribution in [1.82, 2.24) is 14.9 Å². The first kappa shape index (κ1) is 19.9. The molecular formula is C24H30N6O. The van der Waals surface area contributed by atoms with Crippen LogP contribution in [-0.2, 0) is 0 Å². The van der Waals surface area contributed by atoms with Crippen LogP contribution in [0.25, 0.3) is 16.6 Å². The number of aliphatic imine (C=N–C) groups is 1. The molecule has 3 aromatic rings. The Balaban J connectivity index is 1.44. The van der Waals surface area contributed by atoms with E-state index in [9.17, 15) is 0 Å². The van der Waals surface area contributed by atoms with Crippen molar-refractivity contribution < 1.29 is 4.74 Å². The molecule has 1 saturated heterocycles. The number of nitrogens with zero attached hydrogens (tertiary/aromatic N) is 4. The SMILES string of the molecule is Cc1cnn2cc(-c3ccc(N4CCNCC4)cc3)cc(OC(C)C3CN=C(N)C3)c12. The fourth-order valence-corrected chi connectivity index (χ4v) is 4.51. The number of pyridine rings is 1. The highest BCUT2D eigenvalue weighted by molar-refractivity contribution is 5.82. The van der Waals surface area contributed by atoms with Crippen molar-refractivity contribution in [2.75, 3.05) is 37.6 Å². The van der Waals surface area contributed by atoms with Crippen LogP contribution in [-0.4, -0.2) is 54.3 Å². The molecule has 0 aliphatic carbocycles.